The van der Waals surface area contributed by atoms with E-state index < -0.39 is 0 Å². The first-order valence-corrected chi connectivity index (χ1v) is 12.4. The molecule has 0 radical (unpaired) electrons. The Balaban J connectivity index is 1.63. The Morgan fingerprint density at radius 1 is 1.19 bits per heavy atom. The number of H-pyrrole nitrogens is 1. The van der Waals surface area contributed by atoms with E-state index >= 15 is 0 Å². The highest BCUT2D eigenvalue weighted by atomic mass is 35.5. The Labute approximate surface area is 213 Å². The van der Waals surface area contributed by atoms with Crippen LogP contribution in [0.5, 0.6) is 11.6 Å². The molecule has 1 aromatic carbocycles. The van der Waals surface area contributed by atoms with Crippen LogP contribution in [0.2, 0.25) is 5.02 Å². The van der Waals surface area contributed by atoms with Gasteiger partial charge in [-0.05, 0) is 43.0 Å². The number of hydrogen-bond acceptors (Lipinski definition) is 6. The molecule has 184 valence electrons. The van der Waals surface area contributed by atoms with Gasteiger partial charge in [-0.3, -0.25) is 9.78 Å². The normalized spacial score (nSPS) is 19.0. The molecule has 0 unspecified atom stereocenters. The molecule has 0 saturated carbocycles. The lowest BCUT2D eigenvalue weighted by Crippen LogP contribution is -2.35. The maximum atomic E-state index is 13.3. The van der Waals surface area contributed by atoms with Crippen molar-refractivity contribution in [1.29, 1.82) is 0 Å². The second-order valence-electron chi connectivity index (χ2n) is 9.39. The number of ether oxygens (including phenoxy) is 2. The summed E-state index contributed by atoms with van der Waals surface area (Å²) in [5, 5.41) is 7.04. The highest BCUT2D eigenvalue weighted by molar-refractivity contribution is 6.32. The highest BCUT2D eigenvalue weighted by Gasteiger charge is 2.34. The Hall–Kier alpha value is -3.78. The zero-order valence-electron chi connectivity index (χ0n) is 20.0. The molecule has 0 spiro atoms. The predicted molar refractivity (Wildman–Crippen MR) is 140 cm³/mol. The number of pyridine rings is 2. The van der Waals surface area contributed by atoms with Gasteiger partial charge in [0, 0.05) is 36.0 Å². The summed E-state index contributed by atoms with van der Waals surface area (Å²) in [5.74, 6) is 1.42. The number of amides is 1. The summed E-state index contributed by atoms with van der Waals surface area (Å²) in [4.78, 5) is 26.2. The maximum Gasteiger partial charge on any atom is 0.255 e. The van der Waals surface area contributed by atoms with E-state index in [9.17, 15) is 4.79 Å². The number of nitrogens with one attached hydrogen (secondary N) is 3. The molecule has 36 heavy (non-hydrogen) atoms. The fourth-order valence-electron chi connectivity index (χ4n) is 5.08. The van der Waals surface area contributed by atoms with E-state index in [-0.39, 0.29) is 11.8 Å². The van der Waals surface area contributed by atoms with Gasteiger partial charge in [0.05, 0.1) is 46.9 Å². The Bertz CT molecular complexity index is 1480. The monoisotopic (exact) mass is 503 g/mol. The first-order valence-electron chi connectivity index (χ1n) is 12.1. The average molecular weight is 504 g/mol. The molecule has 4 bridgehead atoms. The first-order chi connectivity index (χ1) is 17.5. The molecule has 0 fully saturated rings. The van der Waals surface area contributed by atoms with Crippen molar-refractivity contribution in [2.45, 2.75) is 25.7 Å². The van der Waals surface area contributed by atoms with E-state index in [4.69, 9.17) is 26.1 Å². The number of carbonyl (C=O) groups is 1. The fraction of sp³-hybridized carbons (Fsp3) is 0.296. The summed E-state index contributed by atoms with van der Waals surface area (Å²) in [6.07, 6.45) is 3.62. The Morgan fingerprint density at radius 3 is 2.94 bits per heavy atom. The average Bonchev–Trinajstić information content (AvgIpc) is 3.26. The van der Waals surface area contributed by atoms with Gasteiger partial charge in [-0.25, -0.2) is 4.98 Å². The van der Waals surface area contributed by atoms with Gasteiger partial charge in [-0.1, -0.05) is 24.6 Å². The smallest absolute Gasteiger partial charge is 0.255 e. The number of aromatic amines is 1. The molecule has 6 rings (SSSR count). The molecule has 3 N–H and O–H groups in total. The molecule has 8 nitrogen and oxygen atoms in total. The van der Waals surface area contributed by atoms with Crippen molar-refractivity contribution in [3.05, 3.63) is 58.9 Å². The van der Waals surface area contributed by atoms with Gasteiger partial charge in [0.15, 0.2) is 5.75 Å². The number of nitrogens with zero attached hydrogens (tertiary/aromatic N) is 2. The number of anilines is 2. The van der Waals surface area contributed by atoms with Crippen molar-refractivity contribution in [2.75, 3.05) is 25.6 Å². The standard InChI is InChI=1S/C27H26ClN5O3/c1-14-6-7-15-12-30-27(34)21-22(15)33-24(25(21)31-19-5-3-4-17(28)26(19)35-2)16-10-11-29-18-8-9-20(36-13-14)32-23(16)18/h3-5,8-11,14-15,31,33H,6-7,12-13H2,1-2H3,(H,30,34)/t14-,15-/m1/s1. The molecular weight excluding hydrogens is 478 g/mol. The van der Waals surface area contributed by atoms with Crippen LogP contribution in [-0.2, 0) is 0 Å². The number of methoxy groups -OCH3 is 1. The number of carbonyl (C=O) groups excluding carboxylic acids is 1. The van der Waals surface area contributed by atoms with Crippen molar-refractivity contribution < 1.29 is 14.3 Å². The van der Waals surface area contributed by atoms with Crippen molar-refractivity contribution >= 4 is 39.9 Å². The Morgan fingerprint density at radius 2 is 2.08 bits per heavy atom. The third-order valence-electron chi connectivity index (χ3n) is 6.96. The number of aromatic nitrogens is 3. The molecule has 1 amide bonds. The van der Waals surface area contributed by atoms with Crippen LogP contribution in [-0.4, -0.2) is 41.1 Å². The second kappa shape index (κ2) is 9.02. The zero-order valence-corrected chi connectivity index (χ0v) is 20.8. The van der Waals surface area contributed by atoms with Crippen LogP contribution in [0.25, 0.3) is 22.3 Å². The first kappa shape index (κ1) is 22.7. The number of halogens is 1. The molecule has 3 aromatic heterocycles. The summed E-state index contributed by atoms with van der Waals surface area (Å²) in [6.45, 7) is 3.34. The van der Waals surface area contributed by atoms with Crippen LogP contribution in [0.1, 0.15) is 41.7 Å². The summed E-state index contributed by atoms with van der Waals surface area (Å²) in [7, 11) is 1.57. The van der Waals surface area contributed by atoms with Crippen LogP contribution in [0.4, 0.5) is 11.4 Å². The van der Waals surface area contributed by atoms with Crippen molar-refractivity contribution in [3.63, 3.8) is 0 Å². The second-order valence-corrected chi connectivity index (χ2v) is 9.79. The number of hydrogen-bond donors (Lipinski definition) is 3. The molecule has 2 aliphatic rings. The van der Waals surface area contributed by atoms with E-state index in [2.05, 4.69) is 27.5 Å². The highest BCUT2D eigenvalue weighted by Crippen LogP contribution is 2.44. The van der Waals surface area contributed by atoms with Crippen LogP contribution in [0.3, 0.4) is 0 Å². The largest absolute Gasteiger partial charge is 0.493 e. The minimum atomic E-state index is -0.122. The van der Waals surface area contributed by atoms with Crippen LogP contribution in [0, 0.1) is 5.92 Å². The summed E-state index contributed by atoms with van der Waals surface area (Å²) in [6, 6.07) is 11.2. The van der Waals surface area contributed by atoms with Crippen LogP contribution in [0.15, 0.2) is 42.6 Å². The Kier molecular flexibility index (Phi) is 5.68. The lowest BCUT2D eigenvalue weighted by atomic mass is 9.89. The molecule has 2 aliphatic heterocycles. The lowest BCUT2D eigenvalue weighted by molar-refractivity contribution is 0.0939. The SMILES string of the molecule is COc1c(Cl)cccc1Nc1c2[nH]c3c1C(=O)NC[C@H]3CC[C@@H](C)COc1ccc3nccc-2c3n1. The zero-order chi connectivity index (χ0) is 24.8. The summed E-state index contributed by atoms with van der Waals surface area (Å²) in [5.41, 5.74) is 5.85. The molecule has 5 heterocycles. The predicted octanol–water partition coefficient (Wildman–Crippen LogP) is 5.67. The minimum Gasteiger partial charge on any atom is -0.493 e. The van der Waals surface area contributed by atoms with Gasteiger partial charge in [0.2, 0.25) is 5.88 Å². The molecule has 0 aliphatic carbocycles. The van der Waals surface area contributed by atoms with E-state index in [0.29, 0.717) is 58.2 Å². The van der Waals surface area contributed by atoms with Crippen molar-refractivity contribution in [1.82, 2.24) is 20.3 Å². The number of fused-ring (bicyclic) bond motifs is 3. The molecule has 0 saturated heterocycles. The number of para-hydroxylation sites is 1. The van der Waals surface area contributed by atoms with E-state index in [0.717, 1.165) is 35.3 Å². The number of benzene rings is 1. The summed E-state index contributed by atoms with van der Waals surface area (Å²) >= 11 is 6.41. The van der Waals surface area contributed by atoms with E-state index in [1.807, 2.05) is 30.3 Å². The van der Waals surface area contributed by atoms with Gasteiger partial charge in [-0.15, -0.1) is 0 Å². The van der Waals surface area contributed by atoms with E-state index in [1.54, 1.807) is 19.4 Å². The van der Waals surface area contributed by atoms with E-state index in [1.165, 1.54) is 0 Å². The molecule has 2 atom stereocenters. The van der Waals surface area contributed by atoms with Crippen molar-refractivity contribution in [3.8, 4) is 22.9 Å². The molecular formula is C27H26ClN5O3. The fourth-order valence-corrected chi connectivity index (χ4v) is 5.33. The summed E-state index contributed by atoms with van der Waals surface area (Å²) < 4.78 is 11.6. The van der Waals surface area contributed by atoms with Gasteiger partial charge in [0.1, 0.15) is 5.52 Å². The van der Waals surface area contributed by atoms with Gasteiger partial charge >= 0.3 is 0 Å². The van der Waals surface area contributed by atoms with Gasteiger partial charge < -0.3 is 25.1 Å². The van der Waals surface area contributed by atoms with Crippen molar-refractivity contribution in [2.24, 2.45) is 5.92 Å². The third kappa shape index (κ3) is 3.82. The quantitative estimate of drug-likeness (QED) is 0.333. The minimum absolute atomic E-state index is 0.122. The number of rotatable bonds is 3. The van der Waals surface area contributed by atoms with Crippen LogP contribution >= 0.6 is 11.6 Å². The topological polar surface area (TPSA) is 101 Å². The third-order valence-corrected chi connectivity index (χ3v) is 7.25. The van der Waals surface area contributed by atoms with Gasteiger partial charge in [-0.2, -0.15) is 0 Å². The lowest BCUT2D eigenvalue weighted by Gasteiger charge is -2.25. The van der Waals surface area contributed by atoms with Crippen LogP contribution < -0.4 is 20.1 Å². The maximum absolute atomic E-state index is 13.3. The van der Waals surface area contributed by atoms with Gasteiger partial charge in [0.25, 0.3) is 5.91 Å². The molecule has 4 aromatic rings. The molecule has 9 heteroatoms.